The quantitative estimate of drug-likeness (QED) is 0.435. The van der Waals surface area contributed by atoms with Crippen LogP contribution in [0.15, 0.2) is 41.4 Å². The number of amides is 1. The summed E-state index contributed by atoms with van der Waals surface area (Å²) in [7, 11) is 0. The van der Waals surface area contributed by atoms with Crippen LogP contribution in [0.3, 0.4) is 0 Å². The van der Waals surface area contributed by atoms with E-state index in [9.17, 15) is 4.79 Å². The van der Waals surface area contributed by atoms with E-state index in [4.69, 9.17) is 14.2 Å². The standard InChI is InChI=1S/C26H34N4O4/c1-21-6-5-7-22(16-21)19-27-20-23-17-24(29-10-12-32-13-11-29)18-25(28-23)33-14-15-34-26(31)30-8-3-2-4-9-30/h5-7,16-19H,2-4,8-15,20H2,1H3. The largest absolute Gasteiger partial charge is 0.474 e. The fourth-order valence-corrected chi connectivity index (χ4v) is 4.14. The maximum Gasteiger partial charge on any atom is 0.409 e. The number of hydrogen-bond acceptors (Lipinski definition) is 7. The van der Waals surface area contributed by atoms with E-state index in [0.717, 1.165) is 56.0 Å². The molecule has 2 saturated heterocycles. The van der Waals surface area contributed by atoms with Crippen molar-refractivity contribution in [1.82, 2.24) is 9.88 Å². The predicted molar refractivity (Wildman–Crippen MR) is 132 cm³/mol. The molecular formula is C26H34N4O4. The molecule has 2 fully saturated rings. The number of piperidine rings is 1. The number of pyridine rings is 1. The van der Waals surface area contributed by atoms with Gasteiger partial charge in [-0.15, -0.1) is 0 Å². The minimum absolute atomic E-state index is 0.194. The monoisotopic (exact) mass is 466 g/mol. The van der Waals surface area contributed by atoms with Crippen molar-refractivity contribution in [3.63, 3.8) is 0 Å². The van der Waals surface area contributed by atoms with Crippen LogP contribution in [0.2, 0.25) is 0 Å². The van der Waals surface area contributed by atoms with E-state index in [0.29, 0.717) is 25.6 Å². The van der Waals surface area contributed by atoms with E-state index >= 15 is 0 Å². The van der Waals surface area contributed by atoms with Gasteiger partial charge in [0, 0.05) is 44.1 Å². The molecular weight excluding hydrogens is 432 g/mol. The molecule has 1 aromatic heterocycles. The Labute approximate surface area is 201 Å². The van der Waals surface area contributed by atoms with Gasteiger partial charge >= 0.3 is 6.09 Å². The Hall–Kier alpha value is -3.13. The molecule has 34 heavy (non-hydrogen) atoms. The molecule has 8 heteroatoms. The summed E-state index contributed by atoms with van der Waals surface area (Å²) >= 11 is 0. The third-order valence-electron chi connectivity index (χ3n) is 5.92. The molecule has 0 saturated carbocycles. The summed E-state index contributed by atoms with van der Waals surface area (Å²) < 4.78 is 16.8. The maximum atomic E-state index is 12.2. The number of carbonyl (C=O) groups excluding carboxylic acids is 1. The van der Waals surface area contributed by atoms with E-state index in [-0.39, 0.29) is 19.3 Å². The highest BCUT2D eigenvalue weighted by Crippen LogP contribution is 2.23. The minimum atomic E-state index is -0.260. The summed E-state index contributed by atoms with van der Waals surface area (Å²) in [6, 6.07) is 12.2. The summed E-state index contributed by atoms with van der Waals surface area (Å²) in [4.78, 5) is 25.4. The Morgan fingerprint density at radius 3 is 2.71 bits per heavy atom. The molecule has 1 aromatic carbocycles. The van der Waals surface area contributed by atoms with Crippen molar-refractivity contribution in [2.24, 2.45) is 4.99 Å². The van der Waals surface area contributed by atoms with Crippen LogP contribution >= 0.6 is 0 Å². The Morgan fingerprint density at radius 1 is 1.09 bits per heavy atom. The number of morpholine rings is 1. The van der Waals surface area contributed by atoms with Gasteiger partial charge in [0.05, 0.1) is 25.5 Å². The van der Waals surface area contributed by atoms with E-state index in [1.807, 2.05) is 24.4 Å². The van der Waals surface area contributed by atoms with Crippen molar-refractivity contribution in [1.29, 1.82) is 0 Å². The summed E-state index contributed by atoms with van der Waals surface area (Å²) in [6.45, 7) is 7.56. The fraction of sp³-hybridized carbons (Fsp3) is 0.500. The zero-order chi connectivity index (χ0) is 23.6. The highest BCUT2D eigenvalue weighted by Gasteiger charge is 2.18. The second-order valence-corrected chi connectivity index (χ2v) is 8.65. The summed E-state index contributed by atoms with van der Waals surface area (Å²) in [6.07, 6.45) is 4.87. The van der Waals surface area contributed by atoms with Gasteiger partial charge in [0.15, 0.2) is 0 Å². The molecule has 2 aromatic rings. The molecule has 0 atom stereocenters. The molecule has 2 aliphatic heterocycles. The molecule has 8 nitrogen and oxygen atoms in total. The summed E-state index contributed by atoms with van der Waals surface area (Å²) in [5, 5.41) is 0. The summed E-state index contributed by atoms with van der Waals surface area (Å²) in [5.41, 5.74) is 4.14. The Bertz CT molecular complexity index is 969. The van der Waals surface area contributed by atoms with Crippen molar-refractivity contribution >= 4 is 18.0 Å². The first-order chi connectivity index (χ1) is 16.7. The van der Waals surface area contributed by atoms with E-state index in [1.165, 1.54) is 12.0 Å². The number of aryl methyl sites for hydroxylation is 1. The van der Waals surface area contributed by atoms with Gasteiger partial charge in [0.1, 0.15) is 13.2 Å². The SMILES string of the molecule is Cc1cccc(C=NCc2cc(N3CCOCC3)cc(OCCOC(=O)N3CCCCC3)n2)c1. The predicted octanol–water partition coefficient (Wildman–Crippen LogP) is 3.85. The van der Waals surface area contributed by atoms with Crippen molar-refractivity contribution in [3.05, 3.63) is 53.2 Å². The molecule has 182 valence electrons. The molecule has 0 unspecified atom stereocenters. The minimum Gasteiger partial charge on any atom is -0.474 e. The molecule has 3 heterocycles. The second kappa shape index (κ2) is 12.4. The zero-order valence-corrected chi connectivity index (χ0v) is 19.9. The molecule has 0 spiro atoms. The summed E-state index contributed by atoms with van der Waals surface area (Å²) in [5.74, 6) is 0.513. The number of anilines is 1. The Morgan fingerprint density at radius 2 is 1.91 bits per heavy atom. The van der Waals surface area contributed by atoms with Crippen LogP contribution in [0.5, 0.6) is 5.88 Å². The van der Waals surface area contributed by atoms with Crippen molar-refractivity contribution in [2.75, 3.05) is 57.5 Å². The first-order valence-electron chi connectivity index (χ1n) is 12.1. The topological polar surface area (TPSA) is 76.5 Å². The fourth-order valence-electron chi connectivity index (χ4n) is 4.14. The number of hydrogen-bond donors (Lipinski definition) is 0. The lowest BCUT2D eigenvalue weighted by molar-refractivity contribution is 0.0816. The average molecular weight is 467 g/mol. The first kappa shape index (κ1) is 24.0. The number of ether oxygens (including phenoxy) is 3. The first-order valence-corrected chi connectivity index (χ1v) is 12.1. The van der Waals surface area contributed by atoms with Gasteiger partial charge in [-0.25, -0.2) is 9.78 Å². The van der Waals surface area contributed by atoms with Gasteiger partial charge < -0.3 is 24.0 Å². The Kier molecular flexibility index (Phi) is 8.73. The van der Waals surface area contributed by atoms with Crippen LogP contribution < -0.4 is 9.64 Å². The normalized spacial score (nSPS) is 16.6. The molecule has 0 N–H and O–H groups in total. The molecule has 4 rings (SSSR count). The molecule has 2 aliphatic rings. The number of nitrogens with zero attached hydrogens (tertiary/aromatic N) is 4. The number of likely N-dealkylation sites (tertiary alicyclic amines) is 1. The van der Waals surface area contributed by atoms with Gasteiger partial charge in [-0.05, 0) is 37.8 Å². The van der Waals surface area contributed by atoms with E-state index in [1.54, 1.807) is 4.90 Å². The van der Waals surface area contributed by atoms with Gasteiger partial charge in [0.2, 0.25) is 5.88 Å². The lowest BCUT2D eigenvalue weighted by Crippen LogP contribution is -2.36. The third-order valence-corrected chi connectivity index (χ3v) is 5.92. The molecule has 0 bridgehead atoms. The highest BCUT2D eigenvalue weighted by atomic mass is 16.6. The lowest BCUT2D eigenvalue weighted by Gasteiger charge is -2.29. The highest BCUT2D eigenvalue weighted by molar-refractivity contribution is 5.79. The molecule has 0 radical (unpaired) electrons. The maximum absolute atomic E-state index is 12.2. The van der Waals surface area contributed by atoms with Crippen LogP contribution in [0.25, 0.3) is 0 Å². The number of rotatable bonds is 8. The Balaban J connectivity index is 1.37. The molecule has 1 amide bonds. The van der Waals surface area contributed by atoms with Crippen LogP contribution in [0.1, 0.15) is 36.1 Å². The van der Waals surface area contributed by atoms with Crippen molar-refractivity contribution in [3.8, 4) is 5.88 Å². The van der Waals surface area contributed by atoms with Gasteiger partial charge in [-0.1, -0.05) is 29.8 Å². The number of benzene rings is 1. The second-order valence-electron chi connectivity index (χ2n) is 8.65. The van der Waals surface area contributed by atoms with Gasteiger partial charge in [-0.3, -0.25) is 4.99 Å². The van der Waals surface area contributed by atoms with Crippen LogP contribution in [0.4, 0.5) is 10.5 Å². The smallest absolute Gasteiger partial charge is 0.409 e. The van der Waals surface area contributed by atoms with Crippen molar-refractivity contribution < 1.29 is 19.0 Å². The van der Waals surface area contributed by atoms with Crippen LogP contribution in [-0.2, 0) is 16.0 Å². The van der Waals surface area contributed by atoms with E-state index < -0.39 is 0 Å². The molecule has 0 aliphatic carbocycles. The zero-order valence-electron chi connectivity index (χ0n) is 19.9. The van der Waals surface area contributed by atoms with Gasteiger partial charge in [-0.2, -0.15) is 0 Å². The van der Waals surface area contributed by atoms with Crippen molar-refractivity contribution in [2.45, 2.75) is 32.7 Å². The lowest BCUT2D eigenvalue weighted by atomic mass is 10.1. The number of aromatic nitrogens is 1. The van der Waals surface area contributed by atoms with Gasteiger partial charge in [0.25, 0.3) is 0 Å². The number of carbonyl (C=O) groups is 1. The third kappa shape index (κ3) is 7.18. The average Bonchev–Trinajstić information content (AvgIpc) is 2.87. The van der Waals surface area contributed by atoms with Crippen LogP contribution in [0, 0.1) is 6.92 Å². The van der Waals surface area contributed by atoms with Crippen LogP contribution in [-0.4, -0.2) is 74.8 Å². The number of aliphatic imine (C=N–C) groups is 1. The van der Waals surface area contributed by atoms with E-state index in [2.05, 4.69) is 40.0 Å².